The number of phenols is 1. The van der Waals surface area contributed by atoms with Crippen molar-refractivity contribution in [3.05, 3.63) is 35.5 Å². The number of benzene rings is 1. The van der Waals surface area contributed by atoms with E-state index in [4.69, 9.17) is 5.11 Å². The van der Waals surface area contributed by atoms with Gasteiger partial charge in [-0.1, -0.05) is 12.1 Å². The van der Waals surface area contributed by atoms with Crippen LogP contribution in [0.5, 0.6) is 5.75 Å². The van der Waals surface area contributed by atoms with Gasteiger partial charge in [0.05, 0.1) is 5.88 Å². The molecule has 2 rings (SSSR count). The summed E-state index contributed by atoms with van der Waals surface area (Å²) in [5.41, 5.74) is 2.39. The molecular formula is C10H11NOS. The average Bonchev–Trinajstić information content (AvgIpc) is 2.62. The molecule has 1 aliphatic rings. The molecule has 2 nitrogen and oxygen atoms in total. The largest absolute Gasteiger partial charge is 0.508 e. The van der Waals surface area contributed by atoms with Gasteiger partial charge in [-0.2, -0.15) is 0 Å². The monoisotopic (exact) mass is 193 g/mol. The highest BCUT2D eigenvalue weighted by atomic mass is 32.2. The highest BCUT2D eigenvalue weighted by Gasteiger charge is 2.04. The SMILES string of the molecule is Oc1ccc(/C=C2/CSCN2)cc1. The van der Waals surface area contributed by atoms with Crippen LogP contribution in [-0.2, 0) is 0 Å². The van der Waals surface area contributed by atoms with Gasteiger partial charge in [0.25, 0.3) is 0 Å². The molecule has 0 saturated carbocycles. The zero-order valence-corrected chi connectivity index (χ0v) is 7.97. The first-order valence-corrected chi connectivity index (χ1v) is 5.31. The lowest BCUT2D eigenvalue weighted by atomic mass is 10.2. The lowest BCUT2D eigenvalue weighted by Gasteiger charge is -1.98. The molecule has 3 heteroatoms. The molecule has 0 bridgehead atoms. The summed E-state index contributed by atoms with van der Waals surface area (Å²) in [5.74, 6) is 2.38. The Morgan fingerprint density at radius 2 is 2.08 bits per heavy atom. The minimum Gasteiger partial charge on any atom is -0.508 e. The van der Waals surface area contributed by atoms with Crippen molar-refractivity contribution in [1.29, 1.82) is 0 Å². The van der Waals surface area contributed by atoms with Crippen molar-refractivity contribution in [3.8, 4) is 5.75 Å². The summed E-state index contributed by atoms with van der Waals surface area (Å²) >= 11 is 1.88. The maximum atomic E-state index is 9.08. The van der Waals surface area contributed by atoms with Crippen LogP contribution in [0.4, 0.5) is 0 Å². The minimum atomic E-state index is 0.316. The summed E-state index contributed by atoms with van der Waals surface area (Å²) in [6.45, 7) is 0. The van der Waals surface area contributed by atoms with E-state index >= 15 is 0 Å². The molecule has 2 N–H and O–H groups in total. The standard InChI is InChI=1S/C10H11NOS/c12-10-3-1-8(2-4-10)5-9-6-13-7-11-9/h1-5,11-12H,6-7H2/b9-5-. The molecule has 1 fully saturated rings. The fourth-order valence-electron chi connectivity index (χ4n) is 1.22. The predicted octanol–water partition coefficient (Wildman–Crippen LogP) is 2.03. The van der Waals surface area contributed by atoms with Crippen molar-refractivity contribution < 1.29 is 5.11 Å². The van der Waals surface area contributed by atoms with Crippen LogP contribution in [0.3, 0.4) is 0 Å². The van der Waals surface area contributed by atoms with Crippen molar-refractivity contribution in [3.63, 3.8) is 0 Å². The second-order valence-electron chi connectivity index (χ2n) is 2.93. The Morgan fingerprint density at radius 3 is 2.69 bits per heavy atom. The fourth-order valence-corrected chi connectivity index (χ4v) is 2.02. The normalized spacial score (nSPS) is 18.9. The molecule has 1 aromatic rings. The van der Waals surface area contributed by atoms with E-state index < -0.39 is 0 Å². The summed E-state index contributed by atoms with van der Waals surface area (Å²) in [6, 6.07) is 7.23. The van der Waals surface area contributed by atoms with Gasteiger partial charge in [-0.3, -0.25) is 0 Å². The van der Waals surface area contributed by atoms with Crippen molar-refractivity contribution in [2.24, 2.45) is 0 Å². The van der Waals surface area contributed by atoms with Gasteiger partial charge in [0.15, 0.2) is 0 Å². The maximum absolute atomic E-state index is 9.08. The van der Waals surface area contributed by atoms with E-state index in [1.807, 2.05) is 23.9 Å². The van der Waals surface area contributed by atoms with Crippen LogP contribution in [0, 0.1) is 0 Å². The maximum Gasteiger partial charge on any atom is 0.115 e. The lowest BCUT2D eigenvalue weighted by Crippen LogP contribution is -2.03. The van der Waals surface area contributed by atoms with Gasteiger partial charge in [-0.15, -0.1) is 11.8 Å². The molecule has 1 saturated heterocycles. The molecule has 0 amide bonds. The molecule has 68 valence electrons. The first-order valence-electron chi connectivity index (χ1n) is 4.16. The summed E-state index contributed by atoms with van der Waals surface area (Å²) in [6.07, 6.45) is 2.11. The first kappa shape index (κ1) is 8.51. The number of nitrogens with one attached hydrogen (secondary N) is 1. The Morgan fingerprint density at radius 1 is 1.31 bits per heavy atom. The number of rotatable bonds is 1. The van der Waals surface area contributed by atoms with E-state index in [1.54, 1.807) is 12.1 Å². The highest BCUT2D eigenvalue weighted by molar-refractivity contribution is 7.99. The second-order valence-corrected chi connectivity index (χ2v) is 3.92. The number of phenolic OH excluding ortho intramolecular Hbond substituents is 1. The van der Waals surface area contributed by atoms with E-state index in [2.05, 4.69) is 11.4 Å². The Labute approximate surface area is 81.7 Å². The molecule has 0 atom stereocenters. The number of hydrogen-bond donors (Lipinski definition) is 2. The number of aromatic hydroxyl groups is 1. The van der Waals surface area contributed by atoms with Crippen molar-refractivity contribution in [1.82, 2.24) is 5.32 Å². The second kappa shape index (κ2) is 3.75. The lowest BCUT2D eigenvalue weighted by molar-refractivity contribution is 0.475. The summed E-state index contributed by atoms with van der Waals surface area (Å²) in [4.78, 5) is 0. The van der Waals surface area contributed by atoms with Gasteiger partial charge >= 0.3 is 0 Å². The molecule has 1 heterocycles. The summed E-state index contributed by atoms with van der Waals surface area (Å²) in [5, 5.41) is 12.4. The fraction of sp³-hybridized carbons (Fsp3) is 0.200. The van der Waals surface area contributed by atoms with E-state index in [-0.39, 0.29) is 0 Å². The Balaban J connectivity index is 2.17. The Hall–Kier alpha value is -1.09. The highest BCUT2D eigenvalue weighted by Crippen LogP contribution is 2.17. The quantitative estimate of drug-likeness (QED) is 0.715. The van der Waals surface area contributed by atoms with Crippen LogP contribution in [0.15, 0.2) is 30.0 Å². The van der Waals surface area contributed by atoms with Crippen LogP contribution in [0.2, 0.25) is 0 Å². The third kappa shape index (κ3) is 2.18. The van der Waals surface area contributed by atoms with Gasteiger partial charge in [-0.05, 0) is 23.8 Å². The Kier molecular flexibility index (Phi) is 2.45. The van der Waals surface area contributed by atoms with Gasteiger partial charge in [0.2, 0.25) is 0 Å². The molecule has 0 unspecified atom stereocenters. The molecule has 1 aromatic carbocycles. The van der Waals surface area contributed by atoms with Crippen LogP contribution < -0.4 is 5.32 Å². The smallest absolute Gasteiger partial charge is 0.115 e. The molecule has 0 aromatic heterocycles. The summed E-state index contributed by atoms with van der Waals surface area (Å²) < 4.78 is 0. The van der Waals surface area contributed by atoms with Crippen molar-refractivity contribution in [2.75, 3.05) is 11.6 Å². The molecule has 0 aliphatic carbocycles. The third-order valence-corrected chi connectivity index (χ3v) is 2.76. The molecule has 1 aliphatic heterocycles. The van der Waals surface area contributed by atoms with Crippen LogP contribution in [0.25, 0.3) is 6.08 Å². The Bertz CT molecular complexity index is 310. The molecule has 0 radical (unpaired) electrons. The third-order valence-electron chi connectivity index (χ3n) is 1.89. The topological polar surface area (TPSA) is 32.3 Å². The molecular weight excluding hydrogens is 182 g/mol. The van der Waals surface area contributed by atoms with Gasteiger partial charge in [0, 0.05) is 11.4 Å². The number of hydrogen-bond acceptors (Lipinski definition) is 3. The predicted molar refractivity (Wildman–Crippen MR) is 56.5 cm³/mol. The van der Waals surface area contributed by atoms with E-state index in [0.29, 0.717) is 5.75 Å². The van der Waals surface area contributed by atoms with Crippen molar-refractivity contribution in [2.45, 2.75) is 0 Å². The van der Waals surface area contributed by atoms with Crippen LogP contribution >= 0.6 is 11.8 Å². The van der Waals surface area contributed by atoms with Gasteiger partial charge < -0.3 is 10.4 Å². The number of thioether (sulfide) groups is 1. The van der Waals surface area contributed by atoms with E-state index in [1.165, 1.54) is 5.70 Å². The average molecular weight is 193 g/mol. The molecule has 0 spiro atoms. The van der Waals surface area contributed by atoms with Gasteiger partial charge in [-0.25, -0.2) is 0 Å². The van der Waals surface area contributed by atoms with Gasteiger partial charge in [0.1, 0.15) is 5.75 Å². The summed E-state index contributed by atoms with van der Waals surface area (Å²) in [7, 11) is 0. The van der Waals surface area contributed by atoms with Crippen molar-refractivity contribution >= 4 is 17.8 Å². The zero-order chi connectivity index (χ0) is 9.10. The van der Waals surface area contributed by atoms with Crippen LogP contribution in [0.1, 0.15) is 5.56 Å². The van der Waals surface area contributed by atoms with Crippen LogP contribution in [-0.4, -0.2) is 16.7 Å². The van der Waals surface area contributed by atoms with E-state index in [9.17, 15) is 0 Å². The molecule has 13 heavy (non-hydrogen) atoms. The first-order chi connectivity index (χ1) is 6.34. The zero-order valence-electron chi connectivity index (χ0n) is 7.16. The van der Waals surface area contributed by atoms with E-state index in [0.717, 1.165) is 17.2 Å². The minimum absolute atomic E-state index is 0.316.